The number of aromatic nitrogens is 9. The van der Waals surface area contributed by atoms with Crippen molar-refractivity contribution in [3.05, 3.63) is 194 Å². The summed E-state index contributed by atoms with van der Waals surface area (Å²) in [7, 11) is 8.36. The van der Waals surface area contributed by atoms with E-state index in [-0.39, 0.29) is 92.5 Å². The number of hydrogen-bond acceptors (Lipinski definition) is 29. The fraction of sp³-hybridized carbons (Fsp3) is 0.318. The lowest BCUT2D eigenvalue weighted by molar-refractivity contribution is 0.0250. The third-order valence-corrected chi connectivity index (χ3v) is 21.8. The number of aryl methyl sites for hydroxylation is 6. The van der Waals surface area contributed by atoms with Crippen molar-refractivity contribution in [3.8, 4) is 75.2 Å². The highest BCUT2D eigenvalue weighted by Gasteiger charge is 2.27. The van der Waals surface area contributed by atoms with E-state index in [1.165, 1.54) is 47.4 Å². The second-order valence-electron chi connectivity index (χ2n) is 27.6. The number of ether oxygens (including phenoxy) is 6. The van der Waals surface area contributed by atoms with Crippen LogP contribution in [0.1, 0.15) is 102 Å². The van der Waals surface area contributed by atoms with Gasteiger partial charge in [0, 0.05) is 146 Å². The van der Waals surface area contributed by atoms with E-state index >= 15 is 0 Å². The van der Waals surface area contributed by atoms with Gasteiger partial charge in [0.05, 0.1) is 97.9 Å². The van der Waals surface area contributed by atoms with Gasteiger partial charge in [-0.3, -0.25) is 34.3 Å². The van der Waals surface area contributed by atoms with E-state index in [1.54, 1.807) is 88.5 Å². The van der Waals surface area contributed by atoms with E-state index in [1.807, 2.05) is 71.9 Å². The van der Waals surface area contributed by atoms with Crippen LogP contribution in [-0.2, 0) is 9.47 Å². The van der Waals surface area contributed by atoms with Crippen molar-refractivity contribution in [1.82, 2.24) is 59.6 Å². The highest BCUT2D eigenvalue weighted by molar-refractivity contribution is 14.1. The van der Waals surface area contributed by atoms with Gasteiger partial charge in [-0.25, -0.2) is 24.9 Å². The number of furan rings is 4. The van der Waals surface area contributed by atoms with Crippen molar-refractivity contribution >= 4 is 162 Å². The Labute approximate surface area is 762 Å². The van der Waals surface area contributed by atoms with E-state index in [2.05, 4.69) is 101 Å². The lowest BCUT2D eigenvalue weighted by Gasteiger charge is -2.23. The zero-order chi connectivity index (χ0) is 88.7. The molecule has 32 nitrogen and oxygen atoms in total. The summed E-state index contributed by atoms with van der Waals surface area (Å²) in [5.74, 6) is 2.76. The predicted molar refractivity (Wildman–Crippen MR) is 483 cm³/mol. The van der Waals surface area contributed by atoms with E-state index in [0.717, 1.165) is 77.8 Å². The summed E-state index contributed by atoms with van der Waals surface area (Å²) in [5.41, 5.74) is 13.3. The van der Waals surface area contributed by atoms with E-state index in [0.29, 0.717) is 163 Å². The number of carbonyl (C=O) groups is 3. The highest BCUT2D eigenvalue weighted by atomic mass is 127. The maximum Gasteiger partial charge on any atom is 0.570 e. The van der Waals surface area contributed by atoms with Gasteiger partial charge < -0.3 is 85.8 Å². The summed E-state index contributed by atoms with van der Waals surface area (Å²) < 4.78 is 62.6. The number of amides is 3. The maximum atomic E-state index is 12.7. The molecule has 0 bridgehead atoms. The van der Waals surface area contributed by atoms with Gasteiger partial charge >= 0.3 is 7.69 Å². The van der Waals surface area contributed by atoms with Crippen LogP contribution < -0.4 is 23.6 Å². The molecule has 0 saturated carbocycles. The molecule has 39 heteroatoms. The SMILES string of the molecule is COc1cc(C(=O)N(C)CCO)cnc1-c1cc2ncc(C)c(-c3ccc(OC4CCOCC4)c(C#N)n3)c2o1.COc1cc(C(=O)N(C)CCO)cnc1-c1cc2ncc(C)c(Cl)c2o1.Cc1cc(C(=O)N(C)CCO)cnc1I.Cc1cc2ncc(C)c(Cl)c2o1.Cc1cnc2cc(I)oc2c1Cl.Cl.N#Cc1nc(O[B]O)ccc1OC1CCOCC1. The minimum atomic E-state index is -0.292. The highest BCUT2D eigenvalue weighted by Crippen LogP contribution is 2.41. The molecule has 124 heavy (non-hydrogen) atoms. The summed E-state index contributed by atoms with van der Waals surface area (Å²) in [5, 5.41) is 56.0. The predicted octanol–water partition coefficient (Wildman–Crippen LogP) is 15.1. The average Bonchev–Trinajstić information content (AvgIpc) is 1.59. The molecule has 2 aliphatic heterocycles. The van der Waals surface area contributed by atoms with Crippen LogP contribution in [0.4, 0.5) is 0 Å². The first-order valence-corrected chi connectivity index (χ1v) is 41.3. The number of aliphatic hydroxyl groups is 3. The van der Waals surface area contributed by atoms with Crippen molar-refractivity contribution in [3.63, 3.8) is 0 Å². The van der Waals surface area contributed by atoms with Crippen LogP contribution in [0.15, 0.2) is 128 Å². The molecule has 2 aliphatic rings. The summed E-state index contributed by atoms with van der Waals surface area (Å²) in [6.45, 7) is 14.4. The summed E-state index contributed by atoms with van der Waals surface area (Å²) in [4.78, 5) is 79.7. The molecule has 13 aromatic rings. The molecule has 0 aromatic carbocycles. The third-order valence-electron chi connectivity index (χ3n) is 18.8. The molecule has 13 aromatic heterocycles. The molecule has 0 aliphatic carbocycles. The maximum absolute atomic E-state index is 12.7. The number of likely N-dealkylation sites (N-methyl/N-ethyl adjacent to an activating group) is 3. The Kier molecular flexibility index (Phi) is 36.3. The van der Waals surface area contributed by atoms with Crippen molar-refractivity contribution in [2.24, 2.45) is 0 Å². The van der Waals surface area contributed by atoms with Crippen LogP contribution in [0, 0.1) is 71.7 Å². The van der Waals surface area contributed by atoms with Crippen molar-refractivity contribution in [1.29, 1.82) is 10.5 Å². The largest absolute Gasteiger partial charge is 0.570 e. The van der Waals surface area contributed by atoms with Gasteiger partial charge in [0.2, 0.25) is 0 Å². The Hall–Kier alpha value is -10.7. The van der Waals surface area contributed by atoms with E-state index in [9.17, 15) is 19.6 Å². The van der Waals surface area contributed by atoms with Gasteiger partial charge in [0.1, 0.15) is 78.8 Å². The summed E-state index contributed by atoms with van der Waals surface area (Å²) >= 11 is 22.5. The molecule has 15 rings (SSSR count). The van der Waals surface area contributed by atoms with Gasteiger partial charge in [0.25, 0.3) is 17.7 Å². The number of pyridine rings is 9. The minimum absolute atomic E-state index is 0. The first-order valence-electron chi connectivity index (χ1n) is 38.0. The minimum Gasteiger partial charge on any atom is -0.523 e. The van der Waals surface area contributed by atoms with Crippen molar-refractivity contribution < 1.29 is 85.5 Å². The molecule has 649 valence electrons. The fourth-order valence-electron chi connectivity index (χ4n) is 12.1. The lowest BCUT2D eigenvalue weighted by Crippen LogP contribution is -2.29. The molecule has 2 fully saturated rings. The van der Waals surface area contributed by atoms with Gasteiger partial charge in [0.15, 0.2) is 66.4 Å². The van der Waals surface area contributed by atoms with Crippen LogP contribution in [0.2, 0.25) is 15.1 Å². The summed E-state index contributed by atoms with van der Waals surface area (Å²) in [6, 6.07) is 23.0. The number of methoxy groups -OCH3 is 2. The number of nitriles is 2. The Bertz CT molecular complexity index is 5920. The van der Waals surface area contributed by atoms with E-state index in [4.69, 9.17) is 106 Å². The third kappa shape index (κ3) is 24.7. The molecule has 0 spiro atoms. The summed E-state index contributed by atoms with van der Waals surface area (Å²) in [6.07, 6.45) is 14.5. The lowest BCUT2D eigenvalue weighted by atomic mass is 10.1. The quantitative estimate of drug-likeness (QED) is 0.0313. The zero-order valence-electron chi connectivity index (χ0n) is 69.1. The molecule has 3 amide bonds. The van der Waals surface area contributed by atoms with Crippen LogP contribution in [0.25, 0.3) is 78.6 Å². The second kappa shape index (κ2) is 46.4. The van der Waals surface area contributed by atoms with Crippen LogP contribution in [-0.4, -0.2) is 219 Å². The van der Waals surface area contributed by atoms with Crippen LogP contribution in [0.5, 0.6) is 28.9 Å². The number of hydrogen-bond donors (Lipinski definition) is 4. The van der Waals surface area contributed by atoms with Gasteiger partial charge in [-0.1, -0.05) is 34.8 Å². The fourth-order valence-corrected chi connectivity index (χ4v) is 13.5. The number of fused-ring (bicyclic) bond motifs is 4. The Morgan fingerprint density at radius 3 is 1.35 bits per heavy atom. The zero-order valence-corrected chi connectivity index (χ0v) is 76.5. The van der Waals surface area contributed by atoms with Gasteiger partial charge in [-0.2, -0.15) is 10.5 Å². The standard InChI is InChI=1S/C29H29N5O6.C18H18ClN3O4.C11H12BN2O4.C10H13IN2O2.C9H8ClNO.C8H5ClINO.ClH/c1-17-15-31-21-13-25(27-24(37-3)12-18(16-32-27)29(36)34(2)8-9-35)40-28(21)26(17)20-4-5-23(22(14-30)33-20)39-19-6-10-38-11-7-19;1-10-8-20-12-7-14(26-17(12)15(10)19)16-13(25-3)6-11(9-21-16)18(24)22(2)4-5-23;13-7-9-10(1-2-11(14-9)18-12-15)17-8-3-5-16-6-4-8;1-7-5-8(6-12-9(7)11)10(15)13(2)3-4-14;1-5-4-11-7-3-6(2)12-9(7)8(5)10;1-4-3-11-5-2-6(10)12-8(5)7(4)9;/h4-5,12-13,15-16,19,35H,6-11H2,1-3H3;6-9,23H,4-5H2,1-3H3;1-2,8,15H,3-6H2;5-6,14H,3-4H2,1-2H3;3-4H,1-2H3;2-3H,1H3;1H. The van der Waals surface area contributed by atoms with Crippen molar-refractivity contribution in [2.75, 3.05) is 101 Å². The molecule has 4 N–H and O–H groups in total. The molecule has 0 unspecified atom stereocenters. The topological polar surface area (TPSA) is 423 Å². The first-order chi connectivity index (χ1) is 59.1. The molecule has 2 saturated heterocycles. The normalized spacial score (nSPS) is 12.3. The number of aliphatic hydroxyl groups excluding tert-OH is 3. The average molecular weight is 2000 g/mol. The van der Waals surface area contributed by atoms with Gasteiger partial charge in [-0.05, 0) is 151 Å². The molecule has 15 heterocycles. The van der Waals surface area contributed by atoms with Crippen LogP contribution in [0.3, 0.4) is 0 Å². The Morgan fingerprint density at radius 1 is 0.500 bits per heavy atom. The van der Waals surface area contributed by atoms with Gasteiger partial charge in [-0.15, -0.1) is 12.4 Å². The van der Waals surface area contributed by atoms with Crippen molar-refractivity contribution in [2.45, 2.75) is 79.4 Å². The monoisotopic (exact) mass is 2000 g/mol. The number of halogens is 6. The Morgan fingerprint density at radius 2 is 0.903 bits per heavy atom. The molecular formula is C85H86BCl4I2N14O18. The van der Waals surface area contributed by atoms with Crippen LogP contribution >= 0.6 is 92.4 Å². The second-order valence-corrected chi connectivity index (χ2v) is 30.9. The molecular weight excluding hydrogens is 1910 g/mol. The molecule has 1 radical (unpaired) electrons. The first kappa shape index (κ1) is 97.2. The molecule has 0 atom stereocenters. The van der Waals surface area contributed by atoms with E-state index < -0.39 is 0 Å². The smallest absolute Gasteiger partial charge is 0.523 e. The Balaban J connectivity index is 0.000000179. The number of carbonyl (C=O) groups excluding carboxylic acids is 3. The number of rotatable bonds is 20. The number of nitrogens with zero attached hydrogens (tertiary/aromatic N) is 14.